The number of halogens is 2. The van der Waals surface area contributed by atoms with Crippen molar-refractivity contribution in [1.29, 1.82) is 0 Å². The fourth-order valence-electron chi connectivity index (χ4n) is 1.83. The van der Waals surface area contributed by atoms with Crippen LogP contribution < -0.4 is 0 Å². The van der Waals surface area contributed by atoms with Crippen LogP contribution in [0, 0.1) is 0 Å². The van der Waals surface area contributed by atoms with Gasteiger partial charge in [0.1, 0.15) is 0 Å². The number of hydrogen-bond donors (Lipinski definition) is 0. The van der Waals surface area contributed by atoms with Crippen molar-refractivity contribution in [1.82, 2.24) is 9.80 Å². The summed E-state index contributed by atoms with van der Waals surface area (Å²) in [4.78, 5) is 4.17. The maximum atomic E-state index is 12.7. The Morgan fingerprint density at radius 2 is 1.64 bits per heavy atom. The van der Waals surface area contributed by atoms with Crippen molar-refractivity contribution in [3.63, 3.8) is 0 Å². The lowest BCUT2D eigenvalue weighted by Gasteiger charge is -2.37. The highest BCUT2D eigenvalue weighted by Gasteiger charge is 2.27. The molecule has 1 heterocycles. The molecule has 0 saturated carbocycles. The van der Waals surface area contributed by atoms with Crippen LogP contribution in [-0.2, 0) is 0 Å². The van der Waals surface area contributed by atoms with E-state index in [-0.39, 0.29) is 6.54 Å². The van der Waals surface area contributed by atoms with E-state index in [1.807, 2.05) is 4.90 Å². The Balaban J connectivity index is 2.29. The van der Waals surface area contributed by atoms with Crippen LogP contribution in [0.2, 0.25) is 0 Å². The predicted molar refractivity (Wildman–Crippen MR) is 53.8 cm³/mol. The molecule has 0 amide bonds. The van der Waals surface area contributed by atoms with E-state index in [1.54, 1.807) is 0 Å². The molecular formula is C10H20F2N2. The summed E-state index contributed by atoms with van der Waals surface area (Å²) in [5.41, 5.74) is 0. The molecule has 0 aromatic rings. The normalized spacial score (nSPS) is 21.9. The van der Waals surface area contributed by atoms with Crippen molar-refractivity contribution in [3.8, 4) is 0 Å². The Labute approximate surface area is 84.9 Å². The van der Waals surface area contributed by atoms with Crippen LogP contribution in [0.1, 0.15) is 20.8 Å². The molecule has 1 rings (SSSR count). The minimum atomic E-state index is -2.56. The molecule has 1 aliphatic rings. The van der Waals surface area contributed by atoms with Crippen LogP contribution in [-0.4, -0.2) is 54.5 Å². The number of piperazine rings is 1. The number of alkyl halides is 2. The molecule has 0 aromatic heterocycles. The third kappa shape index (κ3) is 3.88. The lowest BCUT2D eigenvalue weighted by Crippen LogP contribution is -2.51. The van der Waals surface area contributed by atoms with Gasteiger partial charge in [-0.1, -0.05) is 0 Å². The van der Waals surface area contributed by atoms with E-state index in [4.69, 9.17) is 0 Å². The summed E-state index contributed by atoms with van der Waals surface area (Å²) in [7, 11) is 0. The Morgan fingerprint density at radius 3 is 2.00 bits per heavy atom. The highest BCUT2D eigenvalue weighted by Crippen LogP contribution is 2.15. The van der Waals surface area contributed by atoms with Crippen LogP contribution in [0.25, 0.3) is 0 Å². The van der Waals surface area contributed by atoms with Gasteiger partial charge in [-0.2, -0.15) is 0 Å². The van der Waals surface area contributed by atoms with Crippen LogP contribution in [0.4, 0.5) is 8.78 Å². The maximum absolute atomic E-state index is 12.7. The van der Waals surface area contributed by atoms with Gasteiger partial charge in [-0.05, 0) is 13.8 Å². The summed E-state index contributed by atoms with van der Waals surface area (Å²) < 4.78 is 25.4. The maximum Gasteiger partial charge on any atom is 0.257 e. The quantitative estimate of drug-likeness (QED) is 0.693. The molecule has 4 heteroatoms. The topological polar surface area (TPSA) is 6.48 Å². The molecule has 1 aliphatic heterocycles. The molecular weight excluding hydrogens is 186 g/mol. The summed E-state index contributed by atoms with van der Waals surface area (Å²) in [5, 5.41) is 0. The SMILES string of the molecule is CC(C)N1CCN(CC(C)(F)F)CC1. The molecule has 0 N–H and O–H groups in total. The lowest BCUT2D eigenvalue weighted by molar-refractivity contribution is -0.0280. The summed E-state index contributed by atoms with van der Waals surface area (Å²) in [6.07, 6.45) is 0. The van der Waals surface area contributed by atoms with Crippen LogP contribution in [0.15, 0.2) is 0 Å². The average molecular weight is 206 g/mol. The van der Waals surface area contributed by atoms with Gasteiger partial charge in [-0.3, -0.25) is 9.80 Å². The van der Waals surface area contributed by atoms with Gasteiger partial charge in [0.15, 0.2) is 0 Å². The Bertz CT molecular complexity index is 169. The number of hydrogen-bond acceptors (Lipinski definition) is 2. The zero-order valence-electron chi connectivity index (χ0n) is 9.26. The first-order chi connectivity index (χ1) is 6.38. The van der Waals surface area contributed by atoms with E-state index in [2.05, 4.69) is 18.7 Å². The van der Waals surface area contributed by atoms with Gasteiger partial charge in [0.25, 0.3) is 5.92 Å². The Kier molecular flexibility index (Phi) is 3.84. The second kappa shape index (κ2) is 4.53. The first-order valence-corrected chi connectivity index (χ1v) is 5.23. The standard InChI is InChI=1S/C10H20F2N2/c1-9(2)14-6-4-13(5-7-14)8-10(3,11)12/h9H,4-8H2,1-3H3. The van der Waals surface area contributed by atoms with E-state index in [9.17, 15) is 8.78 Å². The van der Waals surface area contributed by atoms with Crippen LogP contribution in [0.3, 0.4) is 0 Å². The van der Waals surface area contributed by atoms with Gasteiger partial charge in [0.05, 0.1) is 6.54 Å². The second-order valence-electron chi connectivity index (χ2n) is 4.48. The summed E-state index contributed by atoms with van der Waals surface area (Å²) >= 11 is 0. The van der Waals surface area contributed by atoms with Crippen molar-refractivity contribution >= 4 is 0 Å². The van der Waals surface area contributed by atoms with E-state index < -0.39 is 5.92 Å². The smallest absolute Gasteiger partial charge is 0.257 e. The first kappa shape index (κ1) is 11.9. The van der Waals surface area contributed by atoms with Crippen molar-refractivity contribution < 1.29 is 8.78 Å². The molecule has 0 atom stereocenters. The molecule has 84 valence electrons. The molecule has 0 aliphatic carbocycles. The van der Waals surface area contributed by atoms with Gasteiger partial charge < -0.3 is 0 Å². The molecule has 14 heavy (non-hydrogen) atoms. The molecule has 0 bridgehead atoms. The van der Waals surface area contributed by atoms with Crippen molar-refractivity contribution in [2.45, 2.75) is 32.7 Å². The average Bonchev–Trinajstić information content (AvgIpc) is 2.02. The Morgan fingerprint density at radius 1 is 1.14 bits per heavy atom. The van der Waals surface area contributed by atoms with E-state index in [1.165, 1.54) is 0 Å². The molecule has 1 saturated heterocycles. The predicted octanol–water partition coefficient (Wildman–Crippen LogP) is 1.67. The largest absolute Gasteiger partial charge is 0.298 e. The fraction of sp³-hybridized carbons (Fsp3) is 1.00. The van der Waals surface area contributed by atoms with E-state index >= 15 is 0 Å². The molecule has 0 unspecified atom stereocenters. The minimum absolute atomic E-state index is 0.0983. The van der Waals surface area contributed by atoms with Gasteiger partial charge in [-0.15, -0.1) is 0 Å². The third-order valence-electron chi connectivity index (χ3n) is 2.64. The van der Waals surface area contributed by atoms with Crippen LogP contribution in [0.5, 0.6) is 0 Å². The van der Waals surface area contributed by atoms with Crippen LogP contribution >= 0.6 is 0 Å². The van der Waals surface area contributed by atoms with Gasteiger partial charge in [0.2, 0.25) is 0 Å². The highest BCUT2D eigenvalue weighted by molar-refractivity contribution is 4.77. The first-order valence-electron chi connectivity index (χ1n) is 5.23. The van der Waals surface area contributed by atoms with Gasteiger partial charge >= 0.3 is 0 Å². The second-order valence-corrected chi connectivity index (χ2v) is 4.48. The third-order valence-corrected chi connectivity index (χ3v) is 2.64. The summed E-state index contributed by atoms with van der Waals surface area (Å²) in [5.74, 6) is -2.56. The van der Waals surface area contributed by atoms with Crippen molar-refractivity contribution in [3.05, 3.63) is 0 Å². The Hall–Kier alpha value is -0.220. The van der Waals surface area contributed by atoms with Crippen molar-refractivity contribution in [2.24, 2.45) is 0 Å². The minimum Gasteiger partial charge on any atom is -0.298 e. The molecule has 0 aromatic carbocycles. The zero-order valence-corrected chi connectivity index (χ0v) is 9.26. The summed E-state index contributed by atoms with van der Waals surface area (Å²) in [6.45, 7) is 8.53. The highest BCUT2D eigenvalue weighted by atomic mass is 19.3. The number of nitrogens with zero attached hydrogens (tertiary/aromatic N) is 2. The molecule has 2 nitrogen and oxygen atoms in total. The fourth-order valence-corrected chi connectivity index (χ4v) is 1.83. The van der Waals surface area contributed by atoms with Gasteiger partial charge in [0, 0.05) is 39.1 Å². The lowest BCUT2D eigenvalue weighted by atomic mass is 10.2. The van der Waals surface area contributed by atoms with E-state index in [0.717, 1.165) is 33.1 Å². The molecule has 0 spiro atoms. The zero-order chi connectivity index (χ0) is 10.8. The van der Waals surface area contributed by atoms with Gasteiger partial charge in [-0.25, -0.2) is 8.78 Å². The van der Waals surface area contributed by atoms with Crippen molar-refractivity contribution in [2.75, 3.05) is 32.7 Å². The molecule has 0 radical (unpaired) electrons. The number of rotatable bonds is 3. The molecule has 1 fully saturated rings. The monoisotopic (exact) mass is 206 g/mol. The summed E-state index contributed by atoms with van der Waals surface area (Å²) in [6, 6.07) is 0.527. The van der Waals surface area contributed by atoms with E-state index in [0.29, 0.717) is 6.04 Å².